The zero-order valence-corrected chi connectivity index (χ0v) is 19.9. The smallest absolute Gasteiger partial charge is 0.254 e. The molecule has 0 aliphatic carbocycles. The number of halogens is 2. The maximum absolute atomic E-state index is 13.5. The van der Waals surface area contributed by atoms with Gasteiger partial charge in [0.15, 0.2) is 5.78 Å². The third kappa shape index (κ3) is 4.99. The summed E-state index contributed by atoms with van der Waals surface area (Å²) >= 11 is 5.97. The number of hydrogen-bond acceptors (Lipinski definition) is 3. The van der Waals surface area contributed by atoms with Gasteiger partial charge in [-0.25, -0.2) is 4.39 Å². The SMILES string of the molecule is O=C(c1ccc(Cl)cc1)c1c[nH]c2cccc(C(=O)N3CCN(CCc4ccc(F)cc4)CC3)c12. The minimum absolute atomic E-state index is 0.0708. The molecule has 7 heteroatoms. The zero-order valence-electron chi connectivity index (χ0n) is 19.1. The number of piperazine rings is 1. The summed E-state index contributed by atoms with van der Waals surface area (Å²) in [6.07, 6.45) is 2.51. The first-order valence-corrected chi connectivity index (χ1v) is 12.0. The van der Waals surface area contributed by atoms with Crippen molar-refractivity contribution in [3.05, 3.63) is 106 Å². The number of hydrogen-bond donors (Lipinski definition) is 1. The van der Waals surface area contributed by atoms with Gasteiger partial charge < -0.3 is 9.88 Å². The van der Waals surface area contributed by atoms with E-state index in [1.807, 2.05) is 29.2 Å². The molecule has 0 unspecified atom stereocenters. The average molecular weight is 490 g/mol. The van der Waals surface area contributed by atoms with E-state index in [1.54, 1.807) is 36.5 Å². The number of rotatable bonds is 6. The fourth-order valence-corrected chi connectivity index (χ4v) is 4.71. The topological polar surface area (TPSA) is 56.4 Å². The molecule has 4 aromatic rings. The van der Waals surface area contributed by atoms with E-state index in [9.17, 15) is 14.0 Å². The number of H-pyrrole nitrogens is 1. The van der Waals surface area contributed by atoms with E-state index in [-0.39, 0.29) is 17.5 Å². The van der Waals surface area contributed by atoms with Crippen molar-refractivity contribution < 1.29 is 14.0 Å². The first kappa shape index (κ1) is 23.3. The van der Waals surface area contributed by atoms with Crippen molar-refractivity contribution in [2.75, 3.05) is 32.7 Å². The monoisotopic (exact) mass is 489 g/mol. The third-order valence-electron chi connectivity index (χ3n) is 6.58. The van der Waals surface area contributed by atoms with Crippen molar-refractivity contribution in [3.63, 3.8) is 0 Å². The number of carbonyl (C=O) groups is 2. The predicted octanol–water partition coefficient (Wildman–Crippen LogP) is 5.19. The Morgan fingerprint density at radius 1 is 0.886 bits per heavy atom. The highest BCUT2D eigenvalue weighted by atomic mass is 35.5. The second kappa shape index (κ2) is 10.0. The van der Waals surface area contributed by atoms with Gasteiger partial charge in [-0.15, -0.1) is 0 Å². The molecule has 178 valence electrons. The number of carbonyl (C=O) groups excluding carboxylic acids is 2. The Bertz CT molecular complexity index is 1360. The highest BCUT2D eigenvalue weighted by Gasteiger charge is 2.26. The van der Waals surface area contributed by atoms with Crippen LogP contribution in [0.2, 0.25) is 5.02 Å². The molecule has 0 atom stereocenters. The van der Waals surface area contributed by atoms with Crippen LogP contribution in [0.25, 0.3) is 10.9 Å². The van der Waals surface area contributed by atoms with E-state index in [2.05, 4.69) is 9.88 Å². The molecular formula is C28H25ClFN3O2. The van der Waals surface area contributed by atoms with Gasteiger partial charge in [-0.2, -0.15) is 0 Å². The molecule has 5 nitrogen and oxygen atoms in total. The van der Waals surface area contributed by atoms with Gasteiger partial charge in [0.2, 0.25) is 0 Å². The molecule has 35 heavy (non-hydrogen) atoms. The van der Waals surface area contributed by atoms with Gasteiger partial charge in [0, 0.05) is 71.5 Å². The number of benzene rings is 3. The summed E-state index contributed by atoms with van der Waals surface area (Å²) in [6.45, 7) is 3.63. The Labute approximate surface area is 208 Å². The Morgan fingerprint density at radius 2 is 1.60 bits per heavy atom. The molecule has 1 N–H and O–H groups in total. The molecule has 0 spiro atoms. The summed E-state index contributed by atoms with van der Waals surface area (Å²) < 4.78 is 13.1. The fraction of sp³-hybridized carbons (Fsp3) is 0.214. The zero-order chi connectivity index (χ0) is 24.4. The van der Waals surface area contributed by atoms with Crippen LogP contribution in [0.3, 0.4) is 0 Å². The van der Waals surface area contributed by atoms with E-state index < -0.39 is 0 Å². The van der Waals surface area contributed by atoms with Crippen LogP contribution < -0.4 is 0 Å². The molecule has 1 aliphatic heterocycles. The Hall–Kier alpha value is -3.48. The van der Waals surface area contributed by atoms with Crippen molar-refractivity contribution in [1.29, 1.82) is 0 Å². The maximum atomic E-state index is 13.5. The third-order valence-corrected chi connectivity index (χ3v) is 6.83. The van der Waals surface area contributed by atoms with Crippen LogP contribution in [-0.4, -0.2) is 59.2 Å². The number of amides is 1. The van der Waals surface area contributed by atoms with Gasteiger partial charge in [-0.1, -0.05) is 29.8 Å². The van der Waals surface area contributed by atoms with Crippen molar-refractivity contribution in [2.45, 2.75) is 6.42 Å². The molecule has 0 saturated carbocycles. The van der Waals surface area contributed by atoms with Crippen molar-refractivity contribution in [2.24, 2.45) is 0 Å². The summed E-state index contributed by atoms with van der Waals surface area (Å²) in [6, 6.07) is 18.9. The number of nitrogens with one attached hydrogen (secondary N) is 1. The van der Waals surface area contributed by atoms with E-state index in [1.165, 1.54) is 12.1 Å². The largest absolute Gasteiger partial charge is 0.360 e. The van der Waals surface area contributed by atoms with Crippen LogP contribution in [0.4, 0.5) is 4.39 Å². The molecule has 0 radical (unpaired) electrons. The molecule has 1 aromatic heterocycles. The molecule has 3 aromatic carbocycles. The highest BCUT2D eigenvalue weighted by Crippen LogP contribution is 2.27. The summed E-state index contributed by atoms with van der Waals surface area (Å²) in [7, 11) is 0. The minimum atomic E-state index is -0.226. The summed E-state index contributed by atoms with van der Waals surface area (Å²) in [5.74, 6) is -0.450. The number of ketones is 1. The van der Waals surface area contributed by atoms with Crippen molar-refractivity contribution in [3.8, 4) is 0 Å². The Kier molecular flexibility index (Phi) is 6.66. The quantitative estimate of drug-likeness (QED) is 0.379. The second-order valence-electron chi connectivity index (χ2n) is 8.78. The molecular weight excluding hydrogens is 465 g/mol. The lowest BCUT2D eigenvalue weighted by molar-refractivity contribution is 0.0640. The van der Waals surface area contributed by atoms with Gasteiger partial charge >= 0.3 is 0 Å². The Balaban J connectivity index is 1.29. The minimum Gasteiger partial charge on any atom is -0.360 e. The highest BCUT2D eigenvalue weighted by molar-refractivity contribution is 6.30. The van der Waals surface area contributed by atoms with Crippen molar-refractivity contribution >= 4 is 34.2 Å². The standard InChI is InChI=1S/C28H25ClFN3O2/c29-21-8-6-20(7-9-21)27(34)24-18-31-25-3-1-2-23(26(24)25)28(35)33-16-14-32(15-17-33)13-12-19-4-10-22(30)11-5-19/h1-11,18,31H,12-17H2. The van der Waals surface area contributed by atoms with Crippen LogP contribution in [0.1, 0.15) is 31.8 Å². The predicted molar refractivity (Wildman–Crippen MR) is 136 cm³/mol. The summed E-state index contributed by atoms with van der Waals surface area (Å²) in [4.78, 5) is 34.0. The van der Waals surface area contributed by atoms with Gasteiger partial charge in [0.05, 0.1) is 0 Å². The molecule has 5 rings (SSSR count). The molecule has 1 amide bonds. The Morgan fingerprint density at radius 3 is 2.31 bits per heavy atom. The van der Waals surface area contributed by atoms with Crippen LogP contribution >= 0.6 is 11.6 Å². The van der Waals surface area contributed by atoms with Crippen LogP contribution in [-0.2, 0) is 6.42 Å². The molecule has 0 bridgehead atoms. The van der Waals surface area contributed by atoms with E-state index in [0.717, 1.165) is 37.1 Å². The second-order valence-corrected chi connectivity index (χ2v) is 9.21. The fourth-order valence-electron chi connectivity index (χ4n) is 4.58. The maximum Gasteiger partial charge on any atom is 0.254 e. The van der Waals surface area contributed by atoms with Gasteiger partial charge in [0.1, 0.15) is 5.82 Å². The van der Waals surface area contributed by atoms with E-state index in [0.29, 0.717) is 40.2 Å². The van der Waals surface area contributed by atoms with Gasteiger partial charge in [0.25, 0.3) is 5.91 Å². The lowest BCUT2D eigenvalue weighted by Gasteiger charge is -2.35. The normalized spacial score (nSPS) is 14.4. The lowest BCUT2D eigenvalue weighted by atomic mass is 9.98. The number of aromatic nitrogens is 1. The van der Waals surface area contributed by atoms with Gasteiger partial charge in [-0.05, 0) is 60.5 Å². The average Bonchev–Trinajstić information content (AvgIpc) is 3.33. The molecule has 1 fully saturated rings. The van der Waals surface area contributed by atoms with Crippen LogP contribution in [0.5, 0.6) is 0 Å². The number of nitrogens with zero attached hydrogens (tertiary/aromatic N) is 2. The van der Waals surface area contributed by atoms with Crippen LogP contribution in [0.15, 0.2) is 72.9 Å². The van der Waals surface area contributed by atoms with Gasteiger partial charge in [-0.3, -0.25) is 14.5 Å². The number of fused-ring (bicyclic) bond motifs is 1. The first-order chi connectivity index (χ1) is 17.0. The molecule has 1 saturated heterocycles. The number of aromatic amines is 1. The summed E-state index contributed by atoms with van der Waals surface area (Å²) in [5.41, 5.74) is 3.38. The van der Waals surface area contributed by atoms with Crippen molar-refractivity contribution in [1.82, 2.24) is 14.8 Å². The lowest BCUT2D eigenvalue weighted by Crippen LogP contribution is -2.49. The van der Waals surface area contributed by atoms with E-state index in [4.69, 9.17) is 11.6 Å². The first-order valence-electron chi connectivity index (χ1n) is 11.7. The molecule has 2 heterocycles. The molecule has 1 aliphatic rings. The van der Waals surface area contributed by atoms with Crippen LogP contribution in [0, 0.1) is 5.82 Å². The van der Waals surface area contributed by atoms with E-state index >= 15 is 0 Å². The summed E-state index contributed by atoms with van der Waals surface area (Å²) in [5, 5.41) is 1.21.